The normalized spacial score (nSPS) is 24.8. The number of benzene rings is 4. The van der Waals surface area contributed by atoms with E-state index in [4.69, 9.17) is 0 Å². The van der Waals surface area contributed by atoms with E-state index in [0.29, 0.717) is 23.8 Å². The maximum atomic E-state index is 3.77. The summed E-state index contributed by atoms with van der Waals surface area (Å²) in [6.07, 6.45) is 28.7. The highest BCUT2D eigenvalue weighted by Crippen LogP contribution is 2.53. The highest BCUT2D eigenvalue weighted by atomic mass is 15.2. The van der Waals surface area contributed by atoms with Gasteiger partial charge in [0.15, 0.2) is 0 Å². The highest BCUT2D eigenvalue weighted by molar-refractivity contribution is 6.11. The standard InChI is InChI=1S/C50H41N3/c1-2-18-40-33(12-1)26-28-48(40)53-46-23-7-4-20-42(46)49-41-19-3-6-22-45(41)52(47-24-8-5-21-43(47)50(49)53)39-17-10-15-36(32-39)34-13-9-14-35(30-34)37-25-27-44-38(31-37)16-11-29-51-44/h1-7,9-23,25-27,30,32-33,37-38,40,44,51H,8,24,29,31H2. The molecule has 0 radical (unpaired) electrons. The van der Waals surface area contributed by atoms with Gasteiger partial charge in [-0.2, -0.15) is 0 Å². The molecule has 0 saturated carbocycles. The van der Waals surface area contributed by atoms with Gasteiger partial charge in [0.2, 0.25) is 0 Å². The molecule has 256 valence electrons. The van der Waals surface area contributed by atoms with Gasteiger partial charge in [0.25, 0.3) is 0 Å². The van der Waals surface area contributed by atoms with Crippen molar-refractivity contribution >= 4 is 33.5 Å². The van der Waals surface area contributed by atoms with Crippen LogP contribution in [0.4, 0.5) is 11.4 Å². The summed E-state index contributed by atoms with van der Waals surface area (Å²) in [5.74, 6) is 1.57. The molecule has 0 spiro atoms. The van der Waals surface area contributed by atoms with Crippen LogP contribution in [0.3, 0.4) is 0 Å². The summed E-state index contributed by atoms with van der Waals surface area (Å²) in [7, 11) is 0. The number of allylic oxidation sites excluding steroid dienone is 10. The highest BCUT2D eigenvalue weighted by Gasteiger charge is 2.36. The van der Waals surface area contributed by atoms with E-state index in [1.165, 1.54) is 72.8 Å². The Hall–Kier alpha value is -5.86. The van der Waals surface area contributed by atoms with E-state index < -0.39 is 0 Å². The first kappa shape index (κ1) is 30.7. The number of hydrogen-bond acceptors (Lipinski definition) is 2. The van der Waals surface area contributed by atoms with Gasteiger partial charge in [-0.05, 0) is 72.2 Å². The van der Waals surface area contributed by atoms with E-state index in [1.54, 1.807) is 0 Å². The average molecular weight is 684 g/mol. The molecule has 4 aliphatic carbocycles. The molecule has 3 nitrogen and oxygen atoms in total. The number of hydrogen-bond donors (Lipinski definition) is 1. The van der Waals surface area contributed by atoms with Crippen LogP contribution in [0.15, 0.2) is 175 Å². The molecule has 0 fully saturated rings. The number of nitrogens with one attached hydrogen (secondary N) is 1. The van der Waals surface area contributed by atoms with Gasteiger partial charge in [-0.25, -0.2) is 0 Å². The van der Waals surface area contributed by atoms with Gasteiger partial charge in [0.05, 0.1) is 22.6 Å². The first-order valence-electron chi connectivity index (χ1n) is 19.3. The maximum absolute atomic E-state index is 3.77. The SMILES string of the molecule is C1=CC2C=CC=CC2C=1n1c2c(c3ccccc31)-c1ccccc1N(c1cccc(-c3cccc(C4C=CC5NCC=CC5C4)c3)c1)C1=C2C=CCC1. The van der Waals surface area contributed by atoms with Crippen molar-refractivity contribution in [2.45, 2.75) is 31.2 Å². The van der Waals surface area contributed by atoms with E-state index in [9.17, 15) is 0 Å². The summed E-state index contributed by atoms with van der Waals surface area (Å²) in [5.41, 5.74) is 19.1. The monoisotopic (exact) mass is 683 g/mol. The Morgan fingerprint density at radius 2 is 1.62 bits per heavy atom. The second kappa shape index (κ2) is 12.4. The molecular weight excluding hydrogens is 643 g/mol. The van der Waals surface area contributed by atoms with Crippen LogP contribution in [-0.2, 0) is 0 Å². The second-order valence-electron chi connectivity index (χ2n) is 15.2. The summed E-state index contributed by atoms with van der Waals surface area (Å²) in [4.78, 5) is 2.57. The minimum atomic E-state index is 0.264. The fraction of sp³-hybridized carbons (Fsp3) is 0.180. The Bertz CT molecular complexity index is 2580. The van der Waals surface area contributed by atoms with Gasteiger partial charge in [0.1, 0.15) is 0 Å². The summed E-state index contributed by atoms with van der Waals surface area (Å²) in [5, 5.41) is 4.92. The van der Waals surface area contributed by atoms with E-state index in [1.807, 2.05) is 0 Å². The van der Waals surface area contributed by atoms with Crippen LogP contribution < -0.4 is 10.2 Å². The van der Waals surface area contributed by atoms with Crippen LogP contribution in [0.25, 0.3) is 44.4 Å². The molecule has 1 aromatic heterocycles. The fourth-order valence-electron chi connectivity index (χ4n) is 9.79. The van der Waals surface area contributed by atoms with Gasteiger partial charge in [-0.3, -0.25) is 0 Å². The number of fused-ring (bicyclic) bond motifs is 8. The Balaban J connectivity index is 1.07. The quantitative estimate of drug-likeness (QED) is 0.150. The van der Waals surface area contributed by atoms with Crippen molar-refractivity contribution in [3.8, 4) is 22.3 Å². The van der Waals surface area contributed by atoms with Crippen LogP contribution in [0.5, 0.6) is 0 Å². The zero-order valence-corrected chi connectivity index (χ0v) is 29.7. The van der Waals surface area contributed by atoms with Gasteiger partial charge in [-0.1, -0.05) is 134 Å². The molecule has 6 aliphatic rings. The van der Waals surface area contributed by atoms with Gasteiger partial charge in [0, 0.05) is 63.8 Å². The lowest BCUT2D eigenvalue weighted by Gasteiger charge is -2.33. The van der Waals surface area contributed by atoms with Crippen LogP contribution in [-0.4, -0.2) is 17.2 Å². The Morgan fingerprint density at radius 1 is 0.755 bits per heavy atom. The van der Waals surface area contributed by atoms with E-state index >= 15 is 0 Å². The minimum absolute atomic E-state index is 0.264. The van der Waals surface area contributed by atoms with Crippen molar-refractivity contribution in [1.82, 2.24) is 9.88 Å². The second-order valence-corrected chi connectivity index (χ2v) is 15.2. The molecule has 4 aromatic carbocycles. The molecule has 53 heavy (non-hydrogen) atoms. The third-order valence-electron chi connectivity index (χ3n) is 12.3. The third-order valence-corrected chi connectivity index (χ3v) is 12.3. The Morgan fingerprint density at radius 3 is 2.60 bits per heavy atom. The average Bonchev–Trinajstić information content (AvgIpc) is 3.77. The number of rotatable bonds is 4. The lowest BCUT2D eigenvalue weighted by molar-refractivity contribution is 0.411. The minimum Gasteiger partial charge on any atom is -0.313 e. The van der Waals surface area contributed by atoms with Crippen molar-refractivity contribution in [3.05, 3.63) is 187 Å². The number of para-hydroxylation sites is 2. The van der Waals surface area contributed by atoms with Crippen molar-refractivity contribution in [2.24, 2.45) is 17.8 Å². The largest absolute Gasteiger partial charge is 0.313 e. The van der Waals surface area contributed by atoms with Crippen LogP contribution >= 0.6 is 0 Å². The lowest BCUT2D eigenvalue weighted by Crippen LogP contribution is -2.39. The molecule has 0 amide bonds. The predicted molar refractivity (Wildman–Crippen MR) is 221 cm³/mol. The Labute approximate surface area is 311 Å². The van der Waals surface area contributed by atoms with Crippen molar-refractivity contribution in [2.75, 3.05) is 11.4 Å². The lowest BCUT2D eigenvalue weighted by atomic mass is 9.78. The molecule has 3 heteroatoms. The fourth-order valence-corrected chi connectivity index (χ4v) is 9.79. The van der Waals surface area contributed by atoms with Gasteiger partial charge in [-0.15, -0.1) is 5.73 Å². The Kier molecular flexibility index (Phi) is 7.18. The smallest absolute Gasteiger partial charge is 0.0732 e. The van der Waals surface area contributed by atoms with E-state index in [0.717, 1.165) is 25.8 Å². The molecule has 5 unspecified atom stereocenters. The molecule has 0 saturated heterocycles. The number of anilines is 2. The van der Waals surface area contributed by atoms with E-state index in [-0.39, 0.29) is 5.92 Å². The number of aromatic nitrogens is 1. The van der Waals surface area contributed by atoms with Crippen molar-refractivity contribution in [3.63, 3.8) is 0 Å². The summed E-state index contributed by atoms with van der Waals surface area (Å²) >= 11 is 0. The molecule has 0 bridgehead atoms. The molecule has 5 atom stereocenters. The summed E-state index contributed by atoms with van der Waals surface area (Å²) in [6, 6.07) is 37.0. The van der Waals surface area contributed by atoms with Gasteiger partial charge < -0.3 is 14.8 Å². The predicted octanol–water partition coefficient (Wildman–Crippen LogP) is 11.7. The van der Waals surface area contributed by atoms with Crippen molar-refractivity contribution < 1.29 is 0 Å². The topological polar surface area (TPSA) is 20.2 Å². The zero-order chi connectivity index (χ0) is 34.9. The molecule has 2 aliphatic heterocycles. The molecule has 3 heterocycles. The molecular formula is C50H41N3. The number of nitrogens with zero attached hydrogens (tertiary/aromatic N) is 2. The molecule has 11 rings (SSSR count). The summed E-state index contributed by atoms with van der Waals surface area (Å²) < 4.78 is 2.55. The van der Waals surface area contributed by atoms with Crippen LogP contribution in [0.1, 0.15) is 36.4 Å². The van der Waals surface area contributed by atoms with Gasteiger partial charge >= 0.3 is 0 Å². The molecule has 1 N–H and O–H groups in total. The third kappa shape index (κ3) is 4.92. The first-order chi connectivity index (χ1) is 26.3. The summed E-state index contributed by atoms with van der Waals surface area (Å²) in [6.45, 7) is 0.966. The van der Waals surface area contributed by atoms with Crippen LogP contribution in [0.2, 0.25) is 0 Å². The van der Waals surface area contributed by atoms with Crippen molar-refractivity contribution in [1.29, 1.82) is 0 Å². The molecule has 5 aromatic rings. The first-order valence-corrected chi connectivity index (χ1v) is 19.3. The zero-order valence-electron chi connectivity index (χ0n) is 29.7. The van der Waals surface area contributed by atoms with Crippen LogP contribution in [0, 0.1) is 17.8 Å². The maximum Gasteiger partial charge on any atom is 0.0732 e. The van der Waals surface area contributed by atoms with E-state index in [2.05, 4.69) is 184 Å².